The van der Waals surface area contributed by atoms with E-state index in [0.29, 0.717) is 10.9 Å². The summed E-state index contributed by atoms with van der Waals surface area (Å²) in [6.45, 7) is 0. The van der Waals surface area contributed by atoms with Gasteiger partial charge in [0.15, 0.2) is 0 Å². The zero-order valence-electron chi connectivity index (χ0n) is 8.73. The van der Waals surface area contributed by atoms with Crippen LogP contribution in [0.15, 0.2) is 23.0 Å². The van der Waals surface area contributed by atoms with Crippen molar-refractivity contribution in [2.75, 3.05) is 5.73 Å². The van der Waals surface area contributed by atoms with Crippen LogP contribution in [-0.4, -0.2) is 21.2 Å². The van der Waals surface area contributed by atoms with Crippen LogP contribution in [-0.2, 0) is 11.2 Å². The van der Waals surface area contributed by atoms with Gasteiger partial charge in [0.2, 0.25) is 0 Å². The van der Waals surface area contributed by atoms with Crippen molar-refractivity contribution in [1.82, 2.24) is 4.98 Å². The highest BCUT2D eigenvalue weighted by molar-refractivity contribution is 5.90. The number of anilines is 1. The fourth-order valence-electron chi connectivity index (χ4n) is 1.70. The lowest BCUT2D eigenvalue weighted by Crippen LogP contribution is -2.17. The molecule has 0 amide bonds. The molecule has 5 N–H and O–H groups in total. The van der Waals surface area contributed by atoms with Gasteiger partial charge in [-0.15, -0.1) is 0 Å². The van der Waals surface area contributed by atoms with E-state index in [0.717, 1.165) is 0 Å². The normalized spacial score (nSPS) is 10.6. The van der Waals surface area contributed by atoms with Gasteiger partial charge in [0.25, 0.3) is 5.56 Å². The Labute approximate surface area is 95.3 Å². The number of phenolic OH excluding ortho intramolecular Hbond substituents is 1. The van der Waals surface area contributed by atoms with Crippen molar-refractivity contribution in [3.8, 4) is 5.75 Å². The number of hydrogen-bond donors (Lipinski definition) is 4. The molecule has 0 aliphatic rings. The Hall–Kier alpha value is -2.50. The third-order valence-corrected chi connectivity index (χ3v) is 2.47. The first-order chi connectivity index (χ1) is 7.99. The summed E-state index contributed by atoms with van der Waals surface area (Å²) in [5.41, 5.74) is 5.55. The fraction of sp³-hybridized carbons (Fsp3) is 0.0909. The number of nitrogen functional groups attached to an aromatic ring is 1. The lowest BCUT2D eigenvalue weighted by molar-refractivity contribution is -0.136. The Kier molecular flexibility index (Phi) is 2.47. The third-order valence-electron chi connectivity index (χ3n) is 2.47. The Morgan fingerprint density at radius 1 is 1.41 bits per heavy atom. The molecule has 0 saturated carbocycles. The van der Waals surface area contributed by atoms with Crippen LogP contribution in [0.4, 0.5) is 5.69 Å². The Morgan fingerprint density at radius 3 is 2.76 bits per heavy atom. The van der Waals surface area contributed by atoms with E-state index in [9.17, 15) is 14.7 Å². The molecule has 0 saturated heterocycles. The molecule has 1 heterocycles. The van der Waals surface area contributed by atoms with Gasteiger partial charge in [0.1, 0.15) is 11.4 Å². The minimum atomic E-state index is -1.09. The SMILES string of the molecule is Nc1c(CC(=O)O)c2cc(O)ccc2[nH]c1=O. The average Bonchev–Trinajstić information content (AvgIpc) is 2.25. The quantitative estimate of drug-likeness (QED) is 0.601. The number of carboxylic acid groups (broad SMARTS) is 1. The average molecular weight is 234 g/mol. The topological polar surface area (TPSA) is 116 Å². The number of carbonyl (C=O) groups is 1. The maximum absolute atomic E-state index is 11.5. The summed E-state index contributed by atoms with van der Waals surface area (Å²) in [7, 11) is 0. The van der Waals surface area contributed by atoms with Crippen molar-refractivity contribution >= 4 is 22.6 Å². The van der Waals surface area contributed by atoms with E-state index in [4.69, 9.17) is 10.8 Å². The second kappa shape index (κ2) is 3.82. The first kappa shape index (κ1) is 11.0. The minimum absolute atomic E-state index is 0.0180. The highest BCUT2D eigenvalue weighted by atomic mass is 16.4. The van der Waals surface area contributed by atoms with Gasteiger partial charge in [-0.1, -0.05) is 0 Å². The van der Waals surface area contributed by atoms with Crippen LogP contribution in [0.25, 0.3) is 10.9 Å². The number of aromatic nitrogens is 1. The van der Waals surface area contributed by atoms with Crippen LogP contribution in [0.1, 0.15) is 5.56 Å². The molecule has 6 nitrogen and oxygen atoms in total. The van der Waals surface area contributed by atoms with Crippen LogP contribution in [0.5, 0.6) is 5.75 Å². The van der Waals surface area contributed by atoms with Gasteiger partial charge in [0, 0.05) is 16.5 Å². The molecular formula is C11H10N2O4. The smallest absolute Gasteiger partial charge is 0.307 e. The summed E-state index contributed by atoms with van der Waals surface area (Å²) < 4.78 is 0. The van der Waals surface area contributed by atoms with Crippen LogP contribution >= 0.6 is 0 Å². The van der Waals surface area contributed by atoms with Gasteiger partial charge in [0.05, 0.1) is 6.42 Å². The lowest BCUT2D eigenvalue weighted by Gasteiger charge is -2.07. The van der Waals surface area contributed by atoms with Crippen molar-refractivity contribution in [1.29, 1.82) is 0 Å². The Morgan fingerprint density at radius 2 is 2.12 bits per heavy atom. The van der Waals surface area contributed by atoms with E-state index in [1.165, 1.54) is 18.2 Å². The molecule has 88 valence electrons. The van der Waals surface area contributed by atoms with Crippen molar-refractivity contribution in [3.05, 3.63) is 34.1 Å². The summed E-state index contributed by atoms with van der Waals surface area (Å²) in [6, 6.07) is 4.27. The first-order valence-corrected chi connectivity index (χ1v) is 4.84. The van der Waals surface area contributed by atoms with Crippen LogP contribution < -0.4 is 11.3 Å². The second-order valence-corrected chi connectivity index (χ2v) is 3.65. The third kappa shape index (κ3) is 1.92. The fourth-order valence-corrected chi connectivity index (χ4v) is 1.70. The zero-order valence-corrected chi connectivity index (χ0v) is 8.73. The second-order valence-electron chi connectivity index (χ2n) is 3.65. The Bertz CT molecular complexity index is 660. The van der Waals surface area contributed by atoms with E-state index >= 15 is 0 Å². The molecule has 0 spiro atoms. The zero-order chi connectivity index (χ0) is 12.6. The van der Waals surface area contributed by atoms with E-state index in [1.54, 1.807) is 0 Å². The van der Waals surface area contributed by atoms with Gasteiger partial charge in [-0.2, -0.15) is 0 Å². The number of hydrogen-bond acceptors (Lipinski definition) is 4. The Balaban J connectivity index is 2.84. The maximum atomic E-state index is 11.5. The summed E-state index contributed by atoms with van der Waals surface area (Å²) in [5, 5.41) is 18.6. The molecule has 0 atom stereocenters. The summed E-state index contributed by atoms with van der Waals surface area (Å²) in [6.07, 6.45) is -0.365. The van der Waals surface area contributed by atoms with Crippen molar-refractivity contribution < 1.29 is 15.0 Å². The van der Waals surface area contributed by atoms with Crippen LogP contribution in [0.2, 0.25) is 0 Å². The molecular weight excluding hydrogens is 224 g/mol. The molecule has 0 bridgehead atoms. The molecule has 0 radical (unpaired) electrons. The predicted octanol–water partition coefficient (Wildman–Crippen LogP) is 0.443. The number of rotatable bonds is 2. The molecule has 0 aliphatic heterocycles. The summed E-state index contributed by atoms with van der Waals surface area (Å²) >= 11 is 0. The van der Waals surface area contributed by atoms with Crippen molar-refractivity contribution in [3.63, 3.8) is 0 Å². The minimum Gasteiger partial charge on any atom is -0.508 e. The first-order valence-electron chi connectivity index (χ1n) is 4.84. The van der Waals surface area contributed by atoms with E-state index in [1.807, 2.05) is 0 Å². The monoisotopic (exact) mass is 234 g/mol. The molecule has 1 aromatic heterocycles. The largest absolute Gasteiger partial charge is 0.508 e. The van der Waals surface area contributed by atoms with E-state index in [-0.39, 0.29) is 23.4 Å². The lowest BCUT2D eigenvalue weighted by atomic mass is 10.0. The van der Waals surface area contributed by atoms with Crippen molar-refractivity contribution in [2.24, 2.45) is 0 Å². The number of aromatic amines is 1. The number of pyridine rings is 1. The van der Waals surface area contributed by atoms with Crippen molar-refractivity contribution in [2.45, 2.75) is 6.42 Å². The number of benzene rings is 1. The number of nitrogens with two attached hydrogens (primary N) is 1. The number of H-pyrrole nitrogens is 1. The predicted molar refractivity (Wildman–Crippen MR) is 62.0 cm³/mol. The van der Waals surface area contributed by atoms with Gasteiger partial charge in [-0.05, 0) is 18.2 Å². The van der Waals surface area contributed by atoms with E-state index in [2.05, 4.69) is 4.98 Å². The summed E-state index contributed by atoms with van der Waals surface area (Å²) in [4.78, 5) is 24.7. The number of nitrogens with one attached hydrogen (secondary N) is 1. The molecule has 0 aliphatic carbocycles. The maximum Gasteiger partial charge on any atom is 0.307 e. The molecule has 17 heavy (non-hydrogen) atoms. The molecule has 6 heteroatoms. The molecule has 1 aromatic carbocycles. The highest BCUT2D eigenvalue weighted by Gasteiger charge is 2.13. The molecule has 0 fully saturated rings. The molecule has 0 unspecified atom stereocenters. The number of phenols is 1. The van der Waals surface area contributed by atoms with Crippen LogP contribution in [0.3, 0.4) is 0 Å². The number of aliphatic carboxylic acids is 1. The van der Waals surface area contributed by atoms with Crippen LogP contribution in [0, 0.1) is 0 Å². The van der Waals surface area contributed by atoms with Gasteiger partial charge in [-0.3, -0.25) is 9.59 Å². The highest BCUT2D eigenvalue weighted by Crippen LogP contribution is 2.24. The molecule has 2 aromatic rings. The number of carboxylic acids is 1. The van der Waals surface area contributed by atoms with Gasteiger partial charge >= 0.3 is 5.97 Å². The number of fused-ring (bicyclic) bond motifs is 1. The van der Waals surface area contributed by atoms with E-state index < -0.39 is 11.5 Å². The summed E-state index contributed by atoms with van der Waals surface area (Å²) in [5.74, 6) is -1.11. The van der Waals surface area contributed by atoms with Gasteiger partial charge in [-0.25, -0.2) is 0 Å². The van der Waals surface area contributed by atoms with Gasteiger partial charge < -0.3 is 20.9 Å². The standard InChI is InChI=1S/C11H10N2O4/c12-10-7(4-9(15)16)6-3-5(14)1-2-8(6)13-11(10)17/h1-3,14H,4,12H2,(H,13,17)(H,15,16). The molecule has 2 rings (SSSR count). The number of aromatic hydroxyl groups is 1.